The van der Waals surface area contributed by atoms with Crippen LogP contribution in [0.5, 0.6) is 0 Å². The zero-order valence-electron chi connectivity index (χ0n) is 10.1. The summed E-state index contributed by atoms with van der Waals surface area (Å²) in [5, 5.41) is 4.14. The Balaban J connectivity index is 1.84. The number of halogens is 3. The quantitative estimate of drug-likeness (QED) is 0.778. The monoisotopic (exact) mass is 339 g/mol. The van der Waals surface area contributed by atoms with Gasteiger partial charge < -0.3 is 5.32 Å². The van der Waals surface area contributed by atoms with Gasteiger partial charge in [-0.3, -0.25) is 0 Å². The van der Waals surface area contributed by atoms with Crippen molar-refractivity contribution in [3.8, 4) is 0 Å². The molecule has 2 aromatic rings. The van der Waals surface area contributed by atoms with Gasteiger partial charge in [0.2, 0.25) is 0 Å². The Morgan fingerprint density at radius 1 is 1.21 bits per heavy atom. The van der Waals surface area contributed by atoms with Crippen molar-refractivity contribution in [2.75, 3.05) is 5.32 Å². The molecule has 1 N–H and O–H groups in total. The zero-order valence-corrected chi connectivity index (χ0v) is 12.4. The summed E-state index contributed by atoms with van der Waals surface area (Å²) in [5.74, 6) is -0.161. The predicted octanol–water partition coefficient (Wildman–Crippen LogP) is 5.34. The van der Waals surface area contributed by atoms with Gasteiger partial charge in [-0.25, -0.2) is 4.39 Å². The van der Waals surface area contributed by atoms with Crippen LogP contribution in [0.25, 0.3) is 0 Å². The number of anilines is 1. The molecule has 0 fully saturated rings. The highest BCUT2D eigenvalue weighted by atomic mass is 79.9. The number of nitrogens with one attached hydrogen (secondary N) is 1. The van der Waals surface area contributed by atoms with Gasteiger partial charge in [0.25, 0.3) is 0 Å². The molecule has 0 amide bonds. The number of hydrogen-bond donors (Lipinski definition) is 1. The molecule has 0 bridgehead atoms. The van der Waals surface area contributed by atoms with E-state index in [1.165, 1.54) is 11.6 Å². The van der Waals surface area contributed by atoms with Gasteiger partial charge in [0.05, 0.1) is 11.1 Å². The highest BCUT2D eigenvalue weighted by Gasteiger charge is 2.22. The highest BCUT2D eigenvalue weighted by Crippen LogP contribution is 2.35. The first-order chi connectivity index (χ1) is 9.13. The van der Waals surface area contributed by atoms with E-state index in [1.54, 1.807) is 6.07 Å². The average Bonchev–Trinajstić information content (AvgIpc) is 2.76. The van der Waals surface area contributed by atoms with Crippen LogP contribution >= 0.6 is 27.5 Å². The third kappa shape index (κ3) is 2.63. The lowest BCUT2D eigenvalue weighted by atomic mass is 10.1. The van der Waals surface area contributed by atoms with E-state index in [4.69, 9.17) is 11.6 Å². The van der Waals surface area contributed by atoms with E-state index in [0.29, 0.717) is 5.02 Å². The molecule has 0 saturated carbocycles. The molecule has 1 aliphatic carbocycles. The molecule has 0 aliphatic heterocycles. The maximum Gasteiger partial charge on any atom is 0.123 e. The van der Waals surface area contributed by atoms with Crippen LogP contribution < -0.4 is 5.32 Å². The van der Waals surface area contributed by atoms with Crippen molar-refractivity contribution in [2.24, 2.45) is 0 Å². The average molecular weight is 341 g/mol. The number of aryl methyl sites for hydroxylation is 1. The maximum atomic E-state index is 13.2. The Bertz CT molecular complexity index is 630. The molecule has 4 heteroatoms. The molecule has 0 aromatic heterocycles. The number of fused-ring (bicyclic) bond motifs is 1. The summed E-state index contributed by atoms with van der Waals surface area (Å²) in [6.07, 6.45) is 1.89. The fourth-order valence-corrected chi connectivity index (χ4v) is 2.95. The predicted molar refractivity (Wildman–Crippen MR) is 80.2 cm³/mol. The maximum absolute atomic E-state index is 13.2. The molecular formula is C15H12BrClFN. The standard InChI is InChI=1S/C15H12BrClFN/c16-13-5-3-11(8-14(13)17)19-15-6-1-9-7-10(18)2-4-12(9)15/h2-5,7-8,15,19H,1,6H2. The van der Waals surface area contributed by atoms with Crippen LogP contribution in [0.2, 0.25) is 5.02 Å². The minimum Gasteiger partial charge on any atom is -0.378 e. The summed E-state index contributed by atoms with van der Waals surface area (Å²) in [6.45, 7) is 0. The normalized spacial score (nSPS) is 17.3. The Labute approximate surface area is 124 Å². The third-order valence-corrected chi connectivity index (χ3v) is 4.68. The van der Waals surface area contributed by atoms with Gasteiger partial charge in [0.15, 0.2) is 0 Å². The minimum absolute atomic E-state index is 0.161. The summed E-state index contributed by atoms with van der Waals surface area (Å²) in [7, 11) is 0. The molecule has 0 spiro atoms. The molecule has 3 rings (SSSR count). The van der Waals surface area contributed by atoms with Crippen LogP contribution in [0.3, 0.4) is 0 Å². The van der Waals surface area contributed by atoms with Crippen LogP contribution in [0.1, 0.15) is 23.6 Å². The van der Waals surface area contributed by atoms with Crippen LogP contribution in [-0.2, 0) is 6.42 Å². The minimum atomic E-state index is -0.161. The van der Waals surface area contributed by atoms with E-state index in [2.05, 4.69) is 21.2 Å². The molecule has 98 valence electrons. The van der Waals surface area contributed by atoms with E-state index in [0.717, 1.165) is 28.6 Å². The van der Waals surface area contributed by atoms with Crippen molar-refractivity contribution in [3.05, 3.63) is 62.8 Å². The lowest BCUT2D eigenvalue weighted by molar-refractivity contribution is 0.626. The van der Waals surface area contributed by atoms with E-state index in [1.807, 2.05) is 24.3 Å². The largest absolute Gasteiger partial charge is 0.378 e. The lowest BCUT2D eigenvalue weighted by Crippen LogP contribution is -2.07. The molecule has 19 heavy (non-hydrogen) atoms. The van der Waals surface area contributed by atoms with Gasteiger partial charge in [-0.2, -0.15) is 0 Å². The van der Waals surface area contributed by atoms with Crippen molar-refractivity contribution in [2.45, 2.75) is 18.9 Å². The molecule has 2 aromatic carbocycles. The highest BCUT2D eigenvalue weighted by molar-refractivity contribution is 9.10. The first kappa shape index (κ1) is 12.9. The van der Waals surface area contributed by atoms with Gasteiger partial charge in [0, 0.05) is 10.2 Å². The van der Waals surface area contributed by atoms with Crippen LogP contribution in [0.4, 0.5) is 10.1 Å². The molecule has 1 aliphatic rings. The Morgan fingerprint density at radius 2 is 2.05 bits per heavy atom. The topological polar surface area (TPSA) is 12.0 Å². The second-order valence-corrected chi connectivity index (χ2v) is 5.97. The van der Waals surface area contributed by atoms with Gasteiger partial charge in [-0.15, -0.1) is 0 Å². The van der Waals surface area contributed by atoms with E-state index < -0.39 is 0 Å². The summed E-state index contributed by atoms with van der Waals surface area (Å²) >= 11 is 9.46. The van der Waals surface area contributed by atoms with E-state index in [-0.39, 0.29) is 11.9 Å². The molecule has 0 saturated heterocycles. The summed E-state index contributed by atoms with van der Waals surface area (Å²) in [6, 6.07) is 11.1. The molecule has 1 nitrogen and oxygen atoms in total. The van der Waals surface area contributed by atoms with Crippen molar-refractivity contribution in [1.29, 1.82) is 0 Å². The van der Waals surface area contributed by atoms with Crippen LogP contribution in [0.15, 0.2) is 40.9 Å². The molecule has 0 radical (unpaired) electrons. The second kappa shape index (κ2) is 5.14. The Morgan fingerprint density at radius 3 is 2.84 bits per heavy atom. The van der Waals surface area contributed by atoms with Gasteiger partial charge in [-0.05, 0) is 70.2 Å². The van der Waals surface area contributed by atoms with Gasteiger partial charge in [0.1, 0.15) is 5.82 Å². The second-order valence-electron chi connectivity index (χ2n) is 4.71. The third-order valence-electron chi connectivity index (χ3n) is 3.44. The molecule has 0 heterocycles. The van der Waals surface area contributed by atoms with Crippen molar-refractivity contribution < 1.29 is 4.39 Å². The van der Waals surface area contributed by atoms with Crippen LogP contribution in [0, 0.1) is 5.82 Å². The smallest absolute Gasteiger partial charge is 0.123 e. The molecular weight excluding hydrogens is 329 g/mol. The summed E-state index contributed by atoms with van der Waals surface area (Å²) < 4.78 is 14.1. The zero-order chi connectivity index (χ0) is 13.4. The lowest BCUT2D eigenvalue weighted by Gasteiger charge is -2.16. The van der Waals surface area contributed by atoms with E-state index in [9.17, 15) is 4.39 Å². The van der Waals surface area contributed by atoms with Crippen molar-refractivity contribution in [3.63, 3.8) is 0 Å². The fourth-order valence-electron chi connectivity index (χ4n) is 2.52. The fraction of sp³-hybridized carbons (Fsp3) is 0.200. The number of rotatable bonds is 2. The first-order valence-corrected chi connectivity index (χ1v) is 7.30. The molecule has 1 atom stereocenters. The van der Waals surface area contributed by atoms with Crippen LogP contribution in [-0.4, -0.2) is 0 Å². The summed E-state index contributed by atoms with van der Waals surface area (Å²) in [5.41, 5.74) is 3.26. The van der Waals surface area contributed by atoms with Gasteiger partial charge >= 0.3 is 0 Å². The van der Waals surface area contributed by atoms with Crippen molar-refractivity contribution in [1.82, 2.24) is 0 Å². The summed E-state index contributed by atoms with van der Waals surface area (Å²) in [4.78, 5) is 0. The Hall–Kier alpha value is -1.06. The number of hydrogen-bond acceptors (Lipinski definition) is 1. The SMILES string of the molecule is Fc1ccc2c(c1)CCC2Nc1ccc(Br)c(Cl)c1. The first-order valence-electron chi connectivity index (χ1n) is 6.13. The molecule has 1 unspecified atom stereocenters. The van der Waals surface area contributed by atoms with Gasteiger partial charge in [-0.1, -0.05) is 17.7 Å². The van der Waals surface area contributed by atoms with E-state index >= 15 is 0 Å². The van der Waals surface area contributed by atoms with Crippen molar-refractivity contribution >= 4 is 33.2 Å². The number of benzene rings is 2. The Kier molecular flexibility index (Phi) is 3.50.